The van der Waals surface area contributed by atoms with Crippen molar-refractivity contribution in [2.24, 2.45) is 4.99 Å². The van der Waals surface area contributed by atoms with E-state index in [-0.39, 0.29) is 6.04 Å². The predicted octanol–water partition coefficient (Wildman–Crippen LogP) is 3.08. The Morgan fingerprint density at radius 2 is 2.10 bits per heavy atom. The number of halogens is 1. The van der Waals surface area contributed by atoms with Crippen molar-refractivity contribution in [3.8, 4) is 5.75 Å². The maximum Gasteiger partial charge on any atom is 0.341 e. The minimum atomic E-state index is -0.428. The van der Waals surface area contributed by atoms with Gasteiger partial charge in [-0.25, -0.2) is 4.79 Å². The first-order valence-corrected chi connectivity index (χ1v) is 10.1. The van der Waals surface area contributed by atoms with Crippen molar-refractivity contribution < 1.29 is 14.3 Å². The van der Waals surface area contributed by atoms with Crippen LogP contribution in [-0.2, 0) is 11.3 Å². The second kappa shape index (κ2) is 10.2. The number of guanidine groups is 1. The van der Waals surface area contributed by atoms with Crippen LogP contribution in [0.4, 0.5) is 5.69 Å². The van der Waals surface area contributed by atoms with Crippen LogP contribution in [0, 0.1) is 0 Å². The fourth-order valence-corrected chi connectivity index (χ4v) is 3.68. The largest absolute Gasteiger partial charge is 0.496 e. The zero-order valence-corrected chi connectivity index (χ0v) is 18.2. The number of carbonyl (C=O) groups is 1. The van der Waals surface area contributed by atoms with Gasteiger partial charge < -0.3 is 25.0 Å². The summed E-state index contributed by atoms with van der Waals surface area (Å²) in [6.45, 7) is 2.34. The molecule has 8 heteroatoms. The Morgan fingerprint density at radius 1 is 1.27 bits per heavy atom. The molecule has 2 aromatic carbocycles. The normalized spacial score (nSPS) is 16.3. The molecule has 0 saturated carbocycles. The Bertz CT molecular complexity index is 919. The number of rotatable bonds is 6. The quantitative estimate of drug-likeness (QED) is 0.417. The highest BCUT2D eigenvalue weighted by Gasteiger charge is 2.23. The highest BCUT2D eigenvalue weighted by molar-refractivity contribution is 6.30. The van der Waals surface area contributed by atoms with Gasteiger partial charge >= 0.3 is 5.97 Å². The molecule has 1 heterocycles. The number of ether oxygens (including phenoxy) is 2. The fourth-order valence-electron chi connectivity index (χ4n) is 3.49. The van der Waals surface area contributed by atoms with E-state index in [2.05, 4.69) is 26.6 Å². The van der Waals surface area contributed by atoms with Crippen LogP contribution in [0.3, 0.4) is 0 Å². The Morgan fingerprint density at radius 3 is 2.80 bits per heavy atom. The van der Waals surface area contributed by atoms with E-state index in [0.717, 1.165) is 35.8 Å². The minimum absolute atomic E-state index is 0.275. The third-order valence-corrected chi connectivity index (χ3v) is 5.29. The van der Waals surface area contributed by atoms with Crippen LogP contribution >= 0.6 is 11.6 Å². The van der Waals surface area contributed by atoms with Crippen LogP contribution in [0.5, 0.6) is 5.75 Å². The van der Waals surface area contributed by atoms with E-state index >= 15 is 0 Å². The number of anilines is 1. The van der Waals surface area contributed by atoms with Crippen molar-refractivity contribution in [2.45, 2.75) is 19.0 Å². The lowest BCUT2D eigenvalue weighted by atomic mass is 10.1. The maximum absolute atomic E-state index is 12.0. The van der Waals surface area contributed by atoms with Gasteiger partial charge in [-0.3, -0.25) is 4.99 Å². The number of nitrogens with one attached hydrogen (secondary N) is 2. The second-order valence-electron chi connectivity index (χ2n) is 7.01. The maximum atomic E-state index is 12.0. The van der Waals surface area contributed by atoms with Crippen molar-refractivity contribution >= 4 is 29.2 Å². The van der Waals surface area contributed by atoms with E-state index in [0.29, 0.717) is 23.8 Å². The third-order valence-electron chi connectivity index (χ3n) is 5.06. The van der Waals surface area contributed by atoms with Gasteiger partial charge in [0.2, 0.25) is 0 Å². The van der Waals surface area contributed by atoms with Gasteiger partial charge in [-0.2, -0.15) is 0 Å². The lowest BCUT2D eigenvalue weighted by Gasteiger charge is -2.20. The van der Waals surface area contributed by atoms with Crippen LogP contribution in [-0.4, -0.2) is 52.3 Å². The average Bonchev–Trinajstić information content (AvgIpc) is 3.24. The molecule has 1 fully saturated rings. The highest BCUT2D eigenvalue weighted by Crippen LogP contribution is 2.23. The topological polar surface area (TPSA) is 75.2 Å². The van der Waals surface area contributed by atoms with Crippen LogP contribution in [0.25, 0.3) is 0 Å². The molecule has 2 aromatic rings. The monoisotopic (exact) mass is 430 g/mol. The van der Waals surface area contributed by atoms with Crippen LogP contribution in [0.2, 0.25) is 5.02 Å². The lowest BCUT2D eigenvalue weighted by Crippen LogP contribution is -2.44. The number of hydrogen-bond acceptors (Lipinski definition) is 5. The Labute approximate surface area is 182 Å². The molecule has 3 rings (SSSR count). The summed E-state index contributed by atoms with van der Waals surface area (Å²) in [5, 5.41) is 7.52. The van der Waals surface area contributed by atoms with Crippen LogP contribution < -0.4 is 20.3 Å². The molecule has 1 atom stereocenters. The highest BCUT2D eigenvalue weighted by atomic mass is 35.5. The second-order valence-corrected chi connectivity index (χ2v) is 7.44. The standard InChI is InChI=1S/C22H27ClN4O3/c1-24-22(25-13-15-7-8-20(29-2)19(11-15)21(28)30-3)26-17-9-10-27(14-17)18-6-4-5-16(23)12-18/h4-8,11-12,17H,9-10,13-14H2,1-3H3,(H2,24,25,26). The molecule has 1 unspecified atom stereocenters. The minimum Gasteiger partial charge on any atom is -0.496 e. The zero-order chi connectivity index (χ0) is 21.5. The summed E-state index contributed by atoms with van der Waals surface area (Å²) < 4.78 is 10.1. The zero-order valence-electron chi connectivity index (χ0n) is 17.4. The van der Waals surface area contributed by atoms with Crippen molar-refractivity contribution in [3.05, 3.63) is 58.6 Å². The Kier molecular flexibility index (Phi) is 7.41. The molecule has 0 radical (unpaired) electrons. The van der Waals surface area contributed by atoms with E-state index in [4.69, 9.17) is 21.1 Å². The molecular formula is C22H27ClN4O3. The molecule has 0 spiro atoms. The molecule has 0 bridgehead atoms. The van der Waals surface area contributed by atoms with Gasteiger partial charge in [-0.15, -0.1) is 0 Å². The van der Waals surface area contributed by atoms with E-state index in [1.165, 1.54) is 14.2 Å². The molecule has 0 aliphatic carbocycles. The number of hydrogen-bond donors (Lipinski definition) is 2. The number of nitrogens with zero attached hydrogens (tertiary/aromatic N) is 2. The Balaban J connectivity index is 1.57. The lowest BCUT2D eigenvalue weighted by molar-refractivity contribution is 0.0597. The number of benzene rings is 2. The summed E-state index contributed by atoms with van der Waals surface area (Å²) in [5.74, 6) is 0.770. The van der Waals surface area contributed by atoms with Gasteiger partial charge in [0.15, 0.2) is 5.96 Å². The Hall–Kier alpha value is -2.93. The molecule has 0 amide bonds. The van der Waals surface area contributed by atoms with Crippen molar-refractivity contribution in [3.63, 3.8) is 0 Å². The van der Waals surface area contributed by atoms with E-state index in [1.54, 1.807) is 19.2 Å². The van der Waals surface area contributed by atoms with Gasteiger partial charge in [-0.05, 0) is 42.3 Å². The summed E-state index contributed by atoms with van der Waals surface area (Å²) in [6.07, 6.45) is 1.00. The number of aliphatic imine (C=N–C) groups is 1. The molecule has 2 N–H and O–H groups in total. The van der Waals surface area contributed by atoms with Crippen molar-refractivity contribution in [1.29, 1.82) is 0 Å². The number of esters is 1. The molecule has 30 heavy (non-hydrogen) atoms. The van der Waals surface area contributed by atoms with Gasteiger partial charge in [0.05, 0.1) is 14.2 Å². The molecule has 1 saturated heterocycles. The predicted molar refractivity (Wildman–Crippen MR) is 120 cm³/mol. The number of carbonyl (C=O) groups excluding carboxylic acids is 1. The molecule has 0 aromatic heterocycles. The summed E-state index contributed by atoms with van der Waals surface area (Å²) in [5.41, 5.74) is 2.45. The molecule has 160 valence electrons. The summed E-state index contributed by atoms with van der Waals surface area (Å²) in [4.78, 5) is 18.6. The molecule has 1 aliphatic rings. The third kappa shape index (κ3) is 5.36. The van der Waals surface area contributed by atoms with Crippen LogP contribution in [0.1, 0.15) is 22.3 Å². The first-order valence-electron chi connectivity index (χ1n) is 9.77. The number of methoxy groups -OCH3 is 2. The van der Waals surface area contributed by atoms with E-state index < -0.39 is 5.97 Å². The molecule has 7 nitrogen and oxygen atoms in total. The van der Waals surface area contributed by atoms with Crippen molar-refractivity contribution in [2.75, 3.05) is 39.3 Å². The molecular weight excluding hydrogens is 404 g/mol. The van der Waals surface area contributed by atoms with Gasteiger partial charge in [0, 0.05) is 43.4 Å². The average molecular weight is 431 g/mol. The van der Waals surface area contributed by atoms with E-state index in [9.17, 15) is 4.79 Å². The SMILES string of the molecule is CN=C(NCc1ccc(OC)c(C(=O)OC)c1)NC1CCN(c2cccc(Cl)c2)C1. The smallest absolute Gasteiger partial charge is 0.341 e. The van der Waals surface area contributed by atoms with Crippen molar-refractivity contribution in [1.82, 2.24) is 10.6 Å². The van der Waals surface area contributed by atoms with Gasteiger partial charge in [0.25, 0.3) is 0 Å². The summed E-state index contributed by atoms with van der Waals surface area (Å²) >= 11 is 6.12. The van der Waals surface area contributed by atoms with Gasteiger partial charge in [-0.1, -0.05) is 23.7 Å². The van der Waals surface area contributed by atoms with Gasteiger partial charge in [0.1, 0.15) is 11.3 Å². The summed E-state index contributed by atoms with van der Waals surface area (Å²) in [6, 6.07) is 13.6. The first-order chi connectivity index (χ1) is 14.5. The van der Waals surface area contributed by atoms with E-state index in [1.807, 2.05) is 24.3 Å². The molecule has 1 aliphatic heterocycles. The first kappa shape index (κ1) is 21.8. The van der Waals surface area contributed by atoms with Crippen LogP contribution in [0.15, 0.2) is 47.5 Å². The fraction of sp³-hybridized carbons (Fsp3) is 0.364. The summed E-state index contributed by atoms with van der Waals surface area (Å²) in [7, 11) is 4.62.